The van der Waals surface area contributed by atoms with Crippen LogP contribution < -0.4 is 14.2 Å². The SMILES string of the molecule is COc1cc(C=O)ccc1OC(=O)CCC(=O)Oc1ccc(C=O)cc1. The zero-order valence-electron chi connectivity index (χ0n) is 14.0. The molecule has 2 aromatic carbocycles. The van der Waals surface area contributed by atoms with Crippen LogP contribution in [0.2, 0.25) is 0 Å². The van der Waals surface area contributed by atoms with E-state index in [1.54, 1.807) is 0 Å². The van der Waals surface area contributed by atoms with Crippen LogP contribution >= 0.6 is 0 Å². The minimum atomic E-state index is -0.643. The highest BCUT2D eigenvalue weighted by Crippen LogP contribution is 2.28. The van der Waals surface area contributed by atoms with Crippen LogP contribution in [0, 0.1) is 0 Å². The van der Waals surface area contributed by atoms with E-state index in [2.05, 4.69) is 0 Å². The largest absolute Gasteiger partial charge is 0.493 e. The van der Waals surface area contributed by atoms with Gasteiger partial charge in [0.15, 0.2) is 11.5 Å². The topological polar surface area (TPSA) is 96.0 Å². The van der Waals surface area contributed by atoms with Crippen molar-refractivity contribution >= 4 is 24.5 Å². The zero-order valence-corrected chi connectivity index (χ0v) is 14.0. The number of ether oxygens (including phenoxy) is 3. The lowest BCUT2D eigenvalue weighted by molar-refractivity contribution is -0.140. The maximum absolute atomic E-state index is 11.9. The first-order valence-electron chi connectivity index (χ1n) is 7.65. The highest BCUT2D eigenvalue weighted by Gasteiger charge is 2.14. The number of rotatable bonds is 8. The van der Waals surface area contributed by atoms with Crippen molar-refractivity contribution in [2.75, 3.05) is 7.11 Å². The van der Waals surface area contributed by atoms with Crippen molar-refractivity contribution in [3.8, 4) is 17.2 Å². The van der Waals surface area contributed by atoms with Crippen LogP contribution in [0.3, 0.4) is 0 Å². The standard InChI is InChI=1S/C19H16O7/c1-24-17-10-14(12-21)4-7-16(17)26-19(23)9-8-18(22)25-15-5-2-13(11-20)3-6-15/h2-7,10-12H,8-9H2,1H3. The van der Waals surface area contributed by atoms with Crippen LogP contribution in [0.25, 0.3) is 0 Å². The lowest BCUT2D eigenvalue weighted by atomic mass is 10.2. The van der Waals surface area contributed by atoms with Crippen LogP contribution in [0.4, 0.5) is 0 Å². The van der Waals surface area contributed by atoms with Gasteiger partial charge in [0.05, 0.1) is 20.0 Å². The van der Waals surface area contributed by atoms with Gasteiger partial charge in [0.2, 0.25) is 0 Å². The third-order valence-corrected chi connectivity index (χ3v) is 3.33. The van der Waals surface area contributed by atoms with Gasteiger partial charge in [-0.2, -0.15) is 0 Å². The summed E-state index contributed by atoms with van der Waals surface area (Å²) in [6.45, 7) is 0. The molecule has 0 saturated heterocycles. The van der Waals surface area contributed by atoms with Crippen molar-refractivity contribution in [3.63, 3.8) is 0 Å². The second-order valence-electron chi connectivity index (χ2n) is 5.16. The van der Waals surface area contributed by atoms with Crippen molar-refractivity contribution < 1.29 is 33.4 Å². The number of carbonyl (C=O) groups is 4. The summed E-state index contributed by atoms with van der Waals surface area (Å²) >= 11 is 0. The summed E-state index contributed by atoms with van der Waals surface area (Å²) in [6, 6.07) is 10.4. The van der Waals surface area contributed by atoms with Gasteiger partial charge in [-0.05, 0) is 42.5 Å². The summed E-state index contributed by atoms with van der Waals surface area (Å²) < 4.78 is 15.3. The van der Waals surface area contributed by atoms with Gasteiger partial charge in [-0.1, -0.05) is 0 Å². The number of benzene rings is 2. The molecule has 0 unspecified atom stereocenters. The van der Waals surface area contributed by atoms with Gasteiger partial charge in [-0.3, -0.25) is 19.2 Å². The average Bonchev–Trinajstić information content (AvgIpc) is 2.67. The second kappa shape index (κ2) is 9.12. The number of esters is 2. The Bertz CT molecular complexity index is 809. The van der Waals surface area contributed by atoms with Gasteiger partial charge in [0.25, 0.3) is 0 Å². The Morgan fingerprint density at radius 3 is 1.96 bits per heavy atom. The molecular formula is C19H16O7. The molecule has 0 N–H and O–H groups in total. The monoisotopic (exact) mass is 356 g/mol. The fourth-order valence-electron chi connectivity index (χ4n) is 2.02. The molecule has 0 aliphatic carbocycles. The Balaban J connectivity index is 1.86. The molecular weight excluding hydrogens is 340 g/mol. The molecule has 0 atom stereocenters. The predicted octanol–water partition coefficient (Wildman–Crippen LogP) is 2.61. The van der Waals surface area contributed by atoms with E-state index in [1.165, 1.54) is 49.6 Å². The molecule has 0 amide bonds. The molecule has 0 aromatic heterocycles. The maximum Gasteiger partial charge on any atom is 0.311 e. The van der Waals surface area contributed by atoms with E-state index < -0.39 is 11.9 Å². The number of hydrogen-bond donors (Lipinski definition) is 0. The summed E-state index contributed by atoms with van der Waals surface area (Å²) in [4.78, 5) is 45.0. The summed E-state index contributed by atoms with van der Waals surface area (Å²) in [5.41, 5.74) is 0.841. The minimum Gasteiger partial charge on any atom is -0.493 e. The lowest BCUT2D eigenvalue weighted by Gasteiger charge is -2.09. The summed E-state index contributed by atoms with van der Waals surface area (Å²) in [5, 5.41) is 0. The number of carbonyl (C=O) groups excluding carboxylic acids is 4. The molecule has 0 bridgehead atoms. The smallest absolute Gasteiger partial charge is 0.311 e. The molecule has 0 aliphatic rings. The van der Waals surface area contributed by atoms with Crippen LogP contribution in [-0.2, 0) is 9.59 Å². The Labute approximate surface area is 149 Å². The molecule has 0 spiro atoms. The van der Waals surface area contributed by atoms with Crippen LogP contribution in [0.1, 0.15) is 33.6 Å². The Morgan fingerprint density at radius 1 is 0.808 bits per heavy atom. The van der Waals surface area contributed by atoms with Gasteiger partial charge in [-0.25, -0.2) is 0 Å². The normalized spacial score (nSPS) is 9.88. The highest BCUT2D eigenvalue weighted by atomic mass is 16.6. The van der Waals surface area contributed by atoms with E-state index in [4.69, 9.17) is 14.2 Å². The lowest BCUT2D eigenvalue weighted by Crippen LogP contribution is -2.14. The first kappa shape index (κ1) is 18.9. The van der Waals surface area contributed by atoms with Crippen molar-refractivity contribution in [3.05, 3.63) is 53.6 Å². The van der Waals surface area contributed by atoms with E-state index >= 15 is 0 Å². The average molecular weight is 356 g/mol. The molecule has 0 fully saturated rings. The van der Waals surface area contributed by atoms with Gasteiger partial charge >= 0.3 is 11.9 Å². The first-order chi connectivity index (χ1) is 12.5. The van der Waals surface area contributed by atoms with E-state index in [1.807, 2.05) is 0 Å². The summed E-state index contributed by atoms with van der Waals surface area (Å²) in [6.07, 6.45) is 0.954. The van der Waals surface area contributed by atoms with Crippen LogP contribution in [0.15, 0.2) is 42.5 Å². The number of hydrogen-bond acceptors (Lipinski definition) is 7. The van der Waals surface area contributed by atoms with Crippen molar-refractivity contribution in [1.82, 2.24) is 0 Å². The predicted molar refractivity (Wildman–Crippen MR) is 90.7 cm³/mol. The fourth-order valence-corrected chi connectivity index (χ4v) is 2.02. The van der Waals surface area contributed by atoms with Gasteiger partial charge in [0.1, 0.15) is 18.3 Å². The van der Waals surface area contributed by atoms with Gasteiger partial charge in [-0.15, -0.1) is 0 Å². The number of methoxy groups -OCH3 is 1. The van der Waals surface area contributed by atoms with Gasteiger partial charge in [0, 0.05) is 11.1 Å². The number of aldehydes is 2. The molecule has 0 aliphatic heterocycles. The van der Waals surface area contributed by atoms with Crippen LogP contribution in [-0.4, -0.2) is 31.6 Å². The molecule has 26 heavy (non-hydrogen) atoms. The van der Waals surface area contributed by atoms with Gasteiger partial charge < -0.3 is 14.2 Å². The van der Waals surface area contributed by atoms with E-state index in [-0.39, 0.29) is 30.1 Å². The Kier molecular flexibility index (Phi) is 6.61. The Morgan fingerprint density at radius 2 is 1.38 bits per heavy atom. The van der Waals surface area contributed by atoms with Crippen molar-refractivity contribution in [2.45, 2.75) is 12.8 Å². The maximum atomic E-state index is 11.9. The Hall–Kier alpha value is -3.48. The van der Waals surface area contributed by atoms with Crippen molar-refractivity contribution in [1.29, 1.82) is 0 Å². The fraction of sp³-hybridized carbons (Fsp3) is 0.158. The molecule has 134 valence electrons. The highest BCUT2D eigenvalue weighted by molar-refractivity contribution is 5.81. The molecule has 0 heterocycles. The van der Waals surface area contributed by atoms with E-state index in [0.717, 1.165) is 0 Å². The molecule has 7 heteroatoms. The molecule has 2 aromatic rings. The van der Waals surface area contributed by atoms with E-state index in [9.17, 15) is 19.2 Å². The second-order valence-corrected chi connectivity index (χ2v) is 5.16. The summed E-state index contributed by atoms with van der Waals surface area (Å²) in [5.74, 6) is -0.582. The summed E-state index contributed by atoms with van der Waals surface area (Å²) in [7, 11) is 1.38. The quantitative estimate of drug-likeness (QED) is 0.407. The van der Waals surface area contributed by atoms with Crippen LogP contribution in [0.5, 0.6) is 17.2 Å². The first-order valence-corrected chi connectivity index (χ1v) is 7.65. The van der Waals surface area contributed by atoms with Crippen molar-refractivity contribution in [2.24, 2.45) is 0 Å². The third-order valence-electron chi connectivity index (χ3n) is 3.33. The minimum absolute atomic E-state index is 0.154. The molecule has 7 nitrogen and oxygen atoms in total. The zero-order chi connectivity index (χ0) is 18.9. The molecule has 0 radical (unpaired) electrons. The third kappa shape index (κ3) is 5.27. The molecule has 0 saturated carbocycles. The van der Waals surface area contributed by atoms with E-state index in [0.29, 0.717) is 23.7 Å². The molecule has 2 rings (SSSR count).